The van der Waals surface area contributed by atoms with Gasteiger partial charge in [-0.2, -0.15) is 0 Å². The Balaban J connectivity index is 1.46. The van der Waals surface area contributed by atoms with Crippen molar-refractivity contribution >= 4 is 21.8 Å². The number of nitrogens with zero attached hydrogens (tertiary/aromatic N) is 1. The standard InChI is InChI=1S/C19H20N2O5S/c1-14-6-8-15(9-7-14)26-13-11-20-18(22)10-12-21-19(23)16-4-2-3-5-17(16)27(21,24)25/h2-9H,10-13H2,1H3,(H,20,22). The molecule has 1 N–H and O–H groups in total. The van der Waals surface area contributed by atoms with Gasteiger partial charge in [0.1, 0.15) is 17.3 Å². The van der Waals surface area contributed by atoms with E-state index in [-0.39, 0.29) is 35.9 Å². The van der Waals surface area contributed by atoms with Gasteiger partial charge in [-0.3, -0.25) is 9.59 Å². The number of fused-ring (bicyclic) bond motifs is 1. The lowest BCUT2D eigenvalue weighted by Crippen LogP contribution is -2.35. The van der Waals surface area contributed by atoms with Crippen LogP contribution in [0.2, 0.25) is 0 Å². The number of carbonyl (C=O) groups excluding carboxylic acids is 2. The summed E-state index contributed by atoms with van der Waals surface area (Å²) in [7, 11) is -3.88. The summed E-state index contributed by atoms with van der Waals surface area (Å²) in [5, 5.41) is 2.65. The SMILES string of the molecule is Cc1ccc(OCCNC(=O)CCN2C(=O)c3ccccc3S2(=O)=O)cc1. The number of carbonyl (C=O) groups is 2. The summed E-state index contributed by atoms with van der Waals surface area (Å²) in [6.07, 6.45) is -0.108. The Kier molecular flexibility index (Phi) is 5.46. The van der Waals surface area contributed by atoms with Crippen molar-refractivity contribution < 1.29 is 22.7 Å². The Labute approximate surface area is 158 Å². The van der Waals surface area contributed by atoms with Gasteiger partial charge in [-0.25, -0.2) is 12.7 Å². The average molecular weight is 388 g/mol. The number of benzene rings is 2. The molecule has 2 aromatic rings. The van der Waals surface area contributed by atoms with Crippen LogP contribution in [0, 0.1) is 6.92 Å². The lowest BCUT2D eigenvalue weighted by Gasteiger charge is -2.14. The predicted molar refractivity (Wildman–Crippen MR) is 99.0 cm³/mol. The molecule has 0 unspecified atom stereocenters. The average Bonchev–Trinajstić information content (AvgIpc) is 2.85. The minimum absolute atomic E-state index is 0.0121. The zero-order chi connectivity index (χ0) is 19.4. The Morgan fingerprint density at radius 2 is 1.81 bits per heavy atom. The molecule has 1 heterocycles. The Hall–Kier alpha value is -2.87. The third-order valence-corrected chi connectivity index (χ3v) is 6.01. The molecule has 27 heavy (non-hydrogen) atoms. The van der Waals surface area contributed by atoms with Crippen molar-refractivity contribution in [3.8, 4) is 5.75 Å². The van der Waals surface area contributed by atoms with Gasteiger partial charge in [0.15, 0.2) is 0 Å². The van der Waals surface area contributed by atoms with E-state index >= 15 is 0 Å². The van der Waals surface area contributed by atoms with Gasteiger partial charge in [0, 0.05) is 13.0 Å². The molecule has 2 aromatic carbocycles. The first-order valence-corrected chi connectivity index (χ1v) is 9.96. The van der Waals surface area contributed by atoms with E-state index in [1.54, 1.807) is 12.1 Å². The summed E-state index contributed by atoms with van der Waals surface area (Å²) < 4.78 is 31.1. The molecule has 0 aromatic heterocycles. The van der Waals surface area contributed by atoms with Crippen LogP contribution in [0.15, 0.2) is 53.4 Å². The predicted octanol–water partition coefficient (Wildman–Crippen LogP) is 1.72. The number of sulfonamides is 1. The van der Waals surface area contributed by atoms with Crippen molar-refractivity contribution in [1.29, 1.82) is 0 Å². The third-order valence-electron chi connectivity index (χ3n) is 4.17. The Morgan fingerprint density at radius 3 is 2.52 bits per heavy atom. The van der Waals surface area contributed by atoms with Crippen LogP contribution in [0.4, 0.5) is 0 Å². The van der Waals surface area contributed by atoms with Crippen molar-refractivity contribution in [2.24, 2.45) is 0 Å². The van der Waals surface area contributed by atoms with Gasteiger partial charge in [-0.05, 0) is 31.2 Å². The van der Waals surface area contributed by atoms with Crippen molar-refractivity contribution in [3.63, 3.8) is 0 Å². The fourth-order valence-electron chi connectivity index (χ4n) is 2.74. The maximum absolute atomic E-state index is 12.4. The quantitative estimate of drug-likeness (QED) is 0.729. The van der Waals surface area contributed by atoms with E-state index in [0.29, 0.717) is 12.4 Å². The van der Waals surface area contributed by atoms with Crippen LogP contribution in [-0.4, -0.2) is 44.2 Å². The van der Waals surface area contributed by atoms with Gasteiger partial charge in [0.25, 0.3) is 15.9 Å². The highest BCUT2D eigenvalue weighted by molar-refractivity contribution is 7.90. The molecule has 2 amide bonds. The Morgan fingerprint density at radius 1 is 1.11 bits per heavy atom. The molecule has 1 aliphatic heterocycles. The molecule has 0 bridgehead atoms. The highest BCUT2D eigenvalue weighted by atomic mass is 32.2. The molecule has 142 valence electrons. The summed E-state index contributed by atoms with van der Waals surface area (Å²) in [4.78, 5) is 24.2. The van der Waals surface area contributed by atoms with E-state index in [1.807, 2.05) is 31.2 Å². The number of nitrogens with one attached hydrogen (secondary N) is 1. The van der Waals surface area contributed by atoms with Crippen LogP contribution in [0.25, 0.3) is 0 Å². The molecule has 3 rings (SSSR count). The van der Waals surface area contributed by atoms with Crippen LogP contribution in [0.5, 0.6) is 5.75 Å². The second kappa shape index (κ2) is 7.79. The van der Waals surface area contributed by atoms with Gasteiger partial charge in [-0.1, -0.05) is 29.8 Å². The van der Waals surface area contributed by atoms with Crippen LogP contribution in [0.1, 0.15) is 22.3 Å². The molecule has 7 nitrogen and oxygen atoms in total. The van der Waals surface area contributed by atoms with Crippen molar-refractivity contribution in [1.82, 2.24) is 9.62 Å². The molecule has 0 radical (unpaired) electrons. The fourth-order valence-corrected chi connectivity index (χ4v) is 4.31. The molecule has 8 heteroatoms. The first-order valence-electron chi connectivity index (χ1n) is 8.52. The zero-order valence-electron chi connectivity index (χ0n) is 14.8. The highest BCUT2D eigenvalue weighted by Gasteiger charge is 2.40. The fraction of sp³-hybridized carbons (Fsp3) is 0.263. The first-order chi connectivity index (χ1) is 12.9. The molecule has 0 atom stereocenters. The molecule has 0 aliphatic carbocycles. The zero-order valence-corrected chi connectivity index (χ0v) is 15.7. The monoisotopic (exact) mass is 388 g/mol. The van der Waals surface area contributed by atoms with Gasteiger partial charge < -0.3 is 10.1 Å². The van der Waals surface area contributed by atoms with Crippen LogP contribution < -0.4 is 10.1 Å². The van der Waals surface area contributed by atoms with E-state index in [1.165, 1.54) is 12.1 Å². The van der Waals surface area contributed by atoms with Crippen LogP contribution >= 0.6 is 0 Å². The van der Waals surface area contributed by atoms with Crippen LogP contribution in [0.3, 0.4) is 0 Å². The maximum atomic E-state index is 12.4. The number of amides is 2. The Bertz CT molecular complexity index is 954. The van der Waals surface area contributed by atoms with Crippen LogP contribution in [-0.2, 0) is 14.8 Å². The molecule has 0 fully saturated rings. The topological polar surface area (TPSA) is 92.8 Å². The normalized spacial score (nSPS) is 14.7. The third kappa shape index (κ3) is 4.11. The highest BCUT2D eigenvalue weighted by Crippen LogP contribution is 2.29. The van der Waals surface area contributed by atoms with Gasteiger partial charge in [0.2, 0.25) is 5.91 Å². The second-order valence-electron chi connectivity index (χ2n) is 6.14. The lowest BCUT2D eigenvalue weighted by atomic mass is 10.2. The van der Waals surface area contributed by atoms with E-state index in [0.717, 1.165) is 9.87 Å². The molecule has 0 saturated carbocycles. The summed E-state index contributed by atoms with van der Waals surface area (Å²) in [6.45, 7) is 2.36. The number of hydrogen-bond donors (Lipinski definition) is 1. The molecule has 0 spiro atoms. The lowest BCUT2D eigenvalue weighted by molar-refractivity contribution is -0.121. The smallest absolute Gasteiger partial charge is 0.269 e. The maximum Gasteiger partial charge on any atom is 0.269 e. The molecular weight excluding hydrogens is 368 g/mol. The number of rotatable bonds is 7. The van der Waals surface area contributed by atoms with E-state index in [2.05, 4.69) is 5.32 Å². The van der Waals surface area contributed by atoms with Gasteiger partial charge in [-0.15, -0.1) is 0 Å². The first kappa shape index (κ1) is 18.9. The van der Waals surface area contributed by atoms with E-state index in [4.69, 9.17) is 4.74 Å². The summed E-state index contributed by atoms with van der Waals surface area (Å²) in [6, 6.07) is 13.6. The number of aryl methyl sites for hydroxylation is 1. The second-order valence-corrected chi connectivity index (χ2v) is 7.97. The minimum atomic E-state index is -3.88. The number of ether oxygens (including phenoxy) is 1. The van der Waals surface area contributed by atoms with Gasteiger partial charge >= 0.3 is 0 Å². The molecular formula is C19H20N2O5S. The summed E-state index contributed by atoms with van der Waals surface area (Å²) in [5.41, 5.74) is 1.27. The van der Waals surface area contributed by atoms with Crippen molar-refractivity contribution in [3.05, 3.63) is 59.7 Å². The largest absolute Gasteiger partial charge is 0.492 e. The molecule has 0 saturated heterocycles. The van der Waals surface area contributed by atoms with Crippen molar-refractivity contribution in [2.75, 3.05) is 19.7 Å². The summed E-state index contributed by atoms with van der Waals surface area (Å²) >= 11 is 0. The van der Waals surface area contributed by atoms with Gasteiger partial charge in [0.05, 0.1) is 12.1 Å². The van der Waals surface area contributed by atoms with E-state index < -0.39 is 15.9 Å². The van der Waals surface area contributed by atoms with Crippen molar-refractivity contribution in [2.45, 2.75) is 18.2 Å². The molecule has 1 aliphatic rings. The summed E-state index contributed by atoms with van der Waals surface area (Å²) in [5.74, 6) is -0.232. The van der Waals surface area contributed by atoms with E-state index in [9.17, 15) is 18.0 Å². The number of hydrogen-bond acceptors (Lipinski definition) is 5. The minimum Gasteiger partial charge on any atom is -0.492 e.